The highest BCUT2D eigenvalue weighted by Gasteiger charge is 2.27. The molecule has 1 aliphatic heterocycles. The van der Waals surface area contributed by atoms with Crippen LogP contribution >= 0.6 is 11.3 Å². The minimum atomic E-state index is -0.0135. The number of thiazole rings is 1. The van der Waals surface area contributed by atoms with Gasteiger partial charge in [0.15, 0.2) is 0 Å². The Bertz CT molecular complexity index is 551. The van der Waals surface area contributed by atoms with Gasteiger partial charge in [0, 0.05) is 31.0 Å². The second kappa shape index (κ2) is 8.40. The number of piperidine rings is 1. The normalized spacial score (nSPS) is 15.7. The van der Waals surface area contributed by atoms with Gasteiger partial charge in [-0.15, -0.1) is 11.3 Å². The topological polar surface area (TPSA) is 71.5 Å². The number of nitrogens with zero attached hydrogens (tertiary/aromatic N) is 2. The molecule has 1 aromatic rings. The molecule has 0 spiro atoms. The average molecular weight is 339 g/mol. The number of carbonyl (C=O) groups is 2. The highest BCUT2D eigenvalue weighted by Crippen LogP contribution is 2.20. The molecule has 1 aliphatic rings. The van der Waals surface area contributed by atoms with Crippen LogP contribution in [0.2, 0.25) is 0 Å². The number of likely N-dealkylation sites (tertiary alicyclic amines) is 1. The monoisotopic (exact) mass is 339 g/mol. The molecule has 2 rings (SSSR count). The van der Waals surface area contributed by atoms with E-state index in [9.17, 15) is 9.59 Å². The van der Waals surface area contributed by atoms with E-state index >= 15 is 0 Å². The maximum absolute atomic E-state index is 12.3. The van der Waals surface area contributed by atoms with E-state index in [1.54, 1.807) is 16.2 Å². The summed E-state index contributed by atoms with van der Waals surface area (Å²) >= 11 is 1.67. The molecule has 0 aromatic carbocycles. The predicted molar refractivity (Wildman–Crippen MR) is 89.3 cm³/mol. The zero-order valence-electron chi connectivity index (χ0n) is 14.1. The zero-order valence-corrected chi connectivity index (χ0v) is 14.9. The van der Waals surface area contributed by atoms with Crippen LogP contribution in [-0.4, -0.2) is 48.5 Å². The Morgan fingerprint density at radius 3 is 2.65 bits per heavy atom. The van der Waals surface area contributed by atoms with Gasteiger partial charge >= 0.3 is 0 Å². The molecule has 6 nitrogen and oxygen atoms in total. The van der Waals surface area contributed by atoms with Gasteiger partial charge in [-0.25, -0.2) is 4.98 Å². The summed E-state index contributed by atoms with van der Waals surface area (Å²) in [7, 11) is 1.52. The predicted octanol–water partition coefficient (Wildman–Crippen LogP) is 1.52. The quantitative estimate of drug-likeness (QED) is 0.853. The van der Waals surface area contributed by atoms with E-state index in [0.717, 1.165) is 22.0 Å². The lowest BCUT2D eigenvalue weighted by atomic mass is 9.96. The van der Waals surface area contributed by atoms with Crippen LogP contribution in [0, 0.1) is 12.8 Å². The standard InChI is InChI=1S/C16H25N3O3S/c1-4-14-18-11(2)13(23-14)9-17-16(21)12-5-7-19(8-6-12)15(20)10-22-3/h12H,4-10H2,1-3H3,(H,17,21). The van der Waals surface area contributed by atoms with Crippen molar-refractivity contribution in [2.24, 2.45) is 5.92 Å². The van der Waals surface area contributed by atoms with Crippen molar-refractivity contribution in [3.8, 4) is 0 Å². The lowest BCUT2D eigenvalue weighted by molar-refractivity contribution is -0.138. The molecule has 0 aliphatic carbocycles. The van der Waals surface area contributed by atoms with Gasteiger partial charge in [0.2, 0.25) is 11.8 Å². The third-order valence-corrected chi connectivity index (χ3v) is 5.45. The number of hydrogen-bond donors (Lipinski definition) is 1. The maximum Gasteiger partial charge on any atom is 0.248 e. The Balaban J connectivity index is 1.79. The summed E-state index contributed by atoms with van der Waals surface area (Å²) in [5.41, 5.74) is 1.01. The summed E-state index contributed by atoms with van der Waals surface area (Å²) in [5, 5.41) is 4.13. The van der Waals surface area contributed by atoms with E-state index in [0.29, 0.717) is 32.5 Å². The molecule has 128 valence electrons. The molecule has 0 atom stereocenters. The van der Waals surface area contributed by atoms with Crippen LogP contribution in [0.25, 0.3) is 0 Å². The Morgan fingerprint density at radius 2 is 2.09 bits per heavy atom. The van der Waals surface area contributed by atoms with Crippen molar-refractivity contribution in [1.29, 1.82) is 0 Å². The molecule has 0 saturated carbocycles. The molecular weight excluding hydrogens is 314 g/mol. The van der Waals surface area contributed by atoms with E-state index in [1.807, 2.05) is 6.92 Å². The van der Waals surface area contributed by atoms with Gasteiger partial charge in [-0.3, -0.25) is 9.59 Å². The van der Waals surface area contributed by atoms with Crippen LogP contribution in [0.5, 0.6) is 0 Å². The third kappa shape index (κ3) is 4.75. The van der Waals surface area contributed by atoms with E-state index < -0.39 is 0 Å². The third-order valence-electron chi connectivity index (χ3n) is 4.15. The first-order valence-electron chi connectivity index (χ1n) is 8.04. The lowest BCUT2D eigenvalue weighted by Gasteiger charge is -2.31. The van der Waals surface area contributed by atoms with E-state index in [1.165, 1.54) is 7.11 Å². The van der Waals surface area contributed by atoms with Crippen molar-refractivity contribution in [2.75, 3.05) is 26.8 Å². The fraction of sp³-hybridized carbons (Fsp3) is 0.688. The minimum absolute atomic E-state index is 0.00117. The number of rotatable bonds is 6. The van der Waals surface area contributed by atoms with E-state index in [-0.39, 0.29) is 24.3 Å². The molecule has 0 bridgehead atoms. The Morgan fingerprint density at radius 1 is 1.39 bits per heavy atom. The summed E-state index contributed by atoms with van der Waals surface area (Å²) in [6.07, 6.45) is 2.35. The van der Waals surface area contributed by atoms with Gasteiger partial charge in [-0.2, -0.15) is 0 Å². The molecule has 1 fully saturated rings. The molecule has 2 amide bonds. The lowest BCUT2D eigenvalue weighted by Crippen LogP contribution is -2.44. The van der Waals surface area contributed by atoms with Gasteiger partial charge in [0.05, 0.1) is 17.2 Å². The molecule has 1 aromatic heterocycles. The van der Waals surface area contributed by atoms with Gasteiger partial charge in [-0.1, -0.05) is 6.92 Å². The summed E-state index contributed by atoms with van der Waals surface area (Å²) in [6, 6.07) is 0. The van der Waals surface area contributed by atoms with Crippen molar-refractivity contribution >= 4 is 23.2 Å². The number of carbonyl (C=O) groups excluding carboxylic acids is 2. The molecule has 23 heavy (non-hydrogen) atoms. The highest BCUT2D eigenvalue weighted by molar-refractivity contribution is 7.11. The highest BCUT2D eigenvalue weighted by atomic mass is 32.1. The van der Waals surface area contributed by atoms with Crippen LogP contribution in [0.1, 0.15) is 35.3 Å². The van der Waals surface area contributed by atoms with Crippen molar-refractivity contribution in [1.82, 2.24) is 15.2 Å². The minimum Gasteiger partial charge on any atom is -0.375 e. The molecule has 0 radical (unpaired) electrons. The maximum atomic E-state index is 12.3. The Kier molecular flexibility index (Phi) is 6.53. The molecule has 1 saturated heterocycles. The fourth-order valence-corrected chi connectivity index (χ4v) is 3.67. The first-order chi connectivity index (χ1) is 11.0. The van der Waals surface area contributed by atoms with Gasteiger partial charge in [0.25, 0.3) is 0 Å². The number of hydrogen-bond acceptors (Lipinski definition) is 5. The number of methoxy groups -OCH3 is 1. The molecular formula is C16H25N3O3S. The first kappa shape index (κ1) is 17.9. The van der Waals surface area contributed by atoms with Crippen LogP contribution in [0.15, 0.2) is 0 Å². The molecule has 1 N–H and O–H groups in total. The Hall–Kier alpha value is -1.47. The number of nitrogens with one attached hydrogen (secondary N) is 1. The van der Waals surface area contributed by atoms with Crippen molar-refractivity contribution in [3.63, 3.8) is 0 Å². The van der Waals surface area contributed by atoms with Crippen molar-refractivity contribution < 1.29 is 14.3 Å². The van der Waals surface area contributed by atoms with E-state index in [2.05, 4.69) is 17.2 Å². The fourth-order valence-electron chi connectivity index (χ4n) is 2.72. The van der Waals surface area contributed by atoms with Crippen LogP contribution < -0.4 is 5.32 Å². The van der Waals surface area contributed by atoms with Gasteiger partial charge in [-0.05, 0) is 26.2 Å². The van der Waals surface area contributed by atoms with E-state index in [4.69, 9.17) is 4.74 Å². The first-order valence-corrected chi connectivity index (χ1v) is 8.86. The van der Waals surface area contributed by atoms with Crippen molar-refractivity contribution in [3.05, 3.63) is 15.6 Å². The van der Waals surface area contributed by atoms with Crippen molar-refractivity contribution in [2.45, 2.75) is 39.7 Å². The second-order valence-electron chi connectivity index (χ2n) is 5.78. The second-order valence-corrected chi connectivity index (χ2v) is 6.94. The summed E-state index contributed by atoms with van der Waals surface area (Å²) < 4.78 is 4.87. The zero-order chi connectivity index (χ0) is 16.8. The molecule has 0 unspecified atom stereocenters. The van der Waals surface area contributed by atoms with Crippen LogP contribution in [0.3, 0.4) is 0 Å². The SMILES string of the molecule is CCc1nc(C)c(CNC(=O)C2CCN(C(=O)COC)CC2)s1. The summed E-state index contributed by atoms with van der Waals surface area (Å²) in [4.78, 5) is 31.4. The smallest absolute Gasteiger partial charge is 0.248 e. The average Bonchev–Trinajstić information content (AvgIpc) is 2.93. The number of amides is 2. The largest absolute Gasteiger partial charge is 0.375 e. The summed E-state index contributed by atoms with van der Waals surface area (Å²) in [6.45, 7) is 5.97. The molecule has 7 heteroatoms. The number of ether oxygens (including phenoxy) is 1. The van der Waals surface area contributed by atoms with Gasteiger partial charge in [0.1, 0.15) is 6.61 Å². The number of aromatic nitrogens is 1. The van der Waals surface area contributed by atoms with Crippen LogP contribution in [0.4, 0.5) is 0 Å². The summed E-state index contributed by atoms with van der Waals surface area (Å²) in [5.74, 6) is 0.0638. The number of aryl methyl sites for hydroxylation is 2. The van der Waals surface area contributed by atoms with Crippen LogP contribution in [-0.2, 0) is 27.3 Å². The molecule has 2 heterocycles. The van der Waals surface area contributed by atoms with Gasteiger partial charge < -0.3 is 15.0 Å². The Labute approximate surface area is 141 Å².